The highest BCUT2D eigenvalue weighted by Gasteiger charge is 2.23. The van der Waals surface area contributed by atoms with Crippen LogP contribution in [0.5, 0.6) is 0 Å². The molecule has 0 bridgehead atoms. The average molecular weight is 400 g/mol. The number of benzene rings is 2. The third-order valence-corrected chi connectivity index (χ3v) is 4.05. The number of carbonyl (C=O) groups excluding carboxylic acids is 1. The first kappa shape index (κ1) is 19.9. The molecule has 1 atom stereocenters. The standard InChI is InChI=1S/C19H17FN4O5/c1-11(17-21-22-18(29-17)12-4-7-14(20)8-5-12)28-19(25)13-6-9-15(23(2)3)16(10-13)24(26)27/h4-11H,1-3H3/t11-/m1/s1. The van der Waals surface area contributed by atoms with E-state index < -0.39 is 22.8 Å². The molecule has 0 unspecified atom stereocenters. The first-order valence-corrected chi connectivity index (χ1v) is 8.52. The first-order valence-electron chi connectivity index (χ1n) is 8.52. The topological polar surface area (TPSA) is 112 Å². The van der Waals surface area contributed by atoms with Crippen LogP contribution in [-0.4, -0.2) is 35.2 Å². The maximum absolute atomic E-state index is 13.0. The SMILES string of the molecule is C[C@@H](OC(=O)c1ccc(N(C)C)c([N+](=O)[O-])c1)c1nnc(-c2ccc(F)cc2)o1. The Labute approximate surface area is 164 Å². The zero-order valence-corrected chi connectivity index (χ0v) is 15.8. The fourth-order valence-corrected chi connectivity index (χ4v) is 2.56. The van der Waals surface area contributed by atoms with Gasteiger partial charge in [-0.2, -0.15) is 0 Å². The predicted molar refractivity (Wildman–Crippen MR) is 101 cm³/mol. The van der Waals surface area contributed by atoms with E-state index in [1.807, 2.05) is 0 Å². The molecule has 0 aliphatic rings. The third-order valence-electron chi connectivity index (χ3n) is 4.05. The molecular weight excluding hydrogens is 383 g/mol. The van der Waals surface area contributed by atoms with E-state index in [0.29, 0.717) is 11.3 Å². The van der Waals surface area contributed by atoms with Crippen molar-refractivity contribution in [2.75, 3.05) is 19.0 Å². The van der Waals surface area contributed by atoms with Gasteiger partial charge in [0.2, 0.25) is 5.89 Å². The van der Waals surface area contributed by atoms with E-state index in [-0.39, 0.29) is 23.0 Å². The molecule has 10 heteroatoms. The fraction of sp³-hybridized carbons (Fsp3) is 0.211. The Bertz CT molecular complexity index is 1050. The highest BCUT2D eigenvalue weighted by atomic mass is 19.1. The number of halogens is 1. The fourth-order valence-electron chi connectivity index (χ4n) is 2.56. The smallest absolute Gasteiger partial charge is 0.339 e. The van der Waals surface area contributed by atoms with Crippen LogP contribution < -0.4 is 4.90 Å². The number of rotatable bonds is 6. The molecule has 0 aliphatic carbocycles. The van der Waals surface area contributed by atoms with Gasteiger partial charge in [0.1, 0.15) is 11.5 Å². The zero-order valence-electron chi connectivity index (χ0n) is 15.8. The zero-order chi connectivity index (χ0) is 21.1. The molecule has 0 aliphatic heterocycles. The van der Waals surface area contributed by atoms with Crippen molar-refractivity contribution in [3.05, 3.63) is 69.9 Å². The van der Waals surface area contributed by atoms with Crippen molar-refractivity contribution >= 4 is 17.3 Å². The minimum absolute atomic E-state index is 0.0208. The van der Waals surface area contributed by atoms with Gasteiger partial charge in [0, 0.05) is 25.7 Å². The summed E-state index contributed by atoms with van der Waals surface area (Å²) in [5.41, 5.74) is 0.680. The minimum Gasteiger partial charge on any atom is -0.449 e. The largest absolute Gasteiger partial charge is 0.449 e. The van der Waals surface area contributed by atoms with Crippen LogP contribution in [-0.2, 0) is 4.74 Å². The molecule has 0 radical (unpaired) electrons. The van der Waals surface area contributed by atoms with Crippen molar-refractivity contribution in [2.24, 2.45) is 0 Å². The summed E-state index contributed by atoms with van der Waals surface area (Å²) in [6.45, 7) is 1.53. The number of hydrogen-bond donors (Lipinski definition) is 0. The van der Waals surface area contributed by atoms with Gasteiger partial charge in [-0.25, -0.2) is 9.18 Å². The molecule has 0 saturated carbocycles. The van der Waals surface area contributed by atoms with E-state index in [4.69, 9.17) is 9.15 Å². The van der Waals surface area contributed by atoms with E-state index in [9.17, 15) is 19.3 Å². The van der Waals surface area contributed by atoms with Gasteiger partial charge in [0.05, 0.1) is 10.5 Å². The number of carbonyl (C=O) groups is 1. The van der Waals surface area contributed by atoms with E-state index in [1.54, 1.807) is 19.0 Å². The predicted octanol–water partition coefficient (Wildman–Crippen LogP) is 3.77. The number of ether oxygens (including phenoxy) is 1. The van der Waals surface area contributed by atoms with Gasteiger partial charge in [-0.15, -0.1) is 10.2 Å². The van der Waals surface area contributed by atoms with Crippen LogP contribution in [0.15, 0.2) is 46.9 Å². The summed E-state index contributed by atoms with van der Waals surface area (Å²) in [5.74, 6) is -0.983. The van der Waals surface area contributed by atoms with Crippen molar-refractivity contribution in [2.45, 2.75) is 13.0 Å². The van der Waals surface area contributed by atoms with Crippen molar-refractivity contribution in [3.8, 4) is 11.5 Å². The summed E-state index contributed by atoms with van der Waals surface area (Å²) in [6, 6.07) is 9.54. The monoisotopic (exact) mass is 400 g/mol. The Morgan fingerprint density at radius 3 is 2.52 bits per heavy atom. The molecule has 3 rings (SSSR count). The van der Waals surface area contributed by atoms with Crippen molar-refractivity contribution in [3.63, 3.8) is 0 Å². The number of nitro benzene ring substituents is 1. The molecule has 1 heterocycles. The maximum atomic E-state index is 13.0. The molecule has 2 aromatic carbocycles. The van der Waals surface area contributed by atoms with Crippen LogP contribution in [0, 0.1) is 15.9 Å². The lowest BCUT2D eigenvalue weighted by Gasteiger charge is -2.14. The van der Waals surface area contributed by atoms with Crippen LogP contribution in [0.2, 0.25) is 0 Å². The van der Waals surface area contributed by atoms with E-state index in [1.165, 1.54) is 43.3 Å². The molecule has 9 nitrogen and oxygen atoms in total. The van der Waals surface area contributed by atoms with Gasteiger partial charge in [-0.1, -0.05) is 0 Å². The number of esters is 1. The summed E-state index contributed by atoms with van der Waals surface area (Å²) in [7, 11) is 3.33. The lowest BCUT2D eigenvalue weighted by molar-refractivity contribution is -0.384. The Hall–Kier alpha value is -3.82. The molecule has 0 saturated heterocycles. The summed E-state index contributed by atoms with van der Waals surface area (Å²) in [5, 5.41) is 19.0. The Morgan fingerprint density at radius 2 is 1.90 bits per heavy atom. The van der Waals surface area contributed by atoms with Gasteiger partial charge in [-0.3, -0.25) is 10.1 Å². The van der Waals surface area contributed by atoms with Gasteiger partial charge >= 0.3 is 5.97 Å². The van der Waals surface area contributed by atoms with Crippen molar-refractivity contribution in [1.82, 2.24) is 10.2 Å². The molecule has 3 aromatic rings. The van der Waals surface area contributed by atoms with Gasteiger partial charge in [0.25, 0.3) is 11.6 Å². The van der Waals surface area contributed by atoms with Gasteiger partial charge in [-0.05, 0) is 43.3 Å². The first-order chi connectivity index (χ1) is 13.8. The van der Waals surface area contributed by atoms with Crippen LogP contribution in [0.3, 0.4) is 0 Å². The highest BCUT2D eigenvalue weighted by molar-refractivity contribution is 5.91. The van der Waals surface area contributed by atoms with Crippen LogP contribution in [0.4, 0.5) is 15.8 Å². The Morgan fingerprint density at radius 1 is 1.21 bits per heavy atom. The second kappa shape index (κ2) is 8.05. The average Bonchev–Trinajstić information content (AvgIpc) is 3.18. The molecular formula is C19H17FN4O5. The molecule has 0 amide bonds. The lowest BCUT2D eigenvalue weighted by atomic mass is 10.1. The molecule has 150 valence electrons. The summed E-state index contributed by atoms with van der Waals surface area (Å²) in [4.78, 5) is 24.7. The van der Waals surface area contributed by atoms with Crippen LogP contribution >= 0.6 is 0 Å². The number of nitrogens with zero attached hydrogens (tertiary/aromatic N) is 4. The van der Waals surface area contributed by atoms with Crippen LogP contribution in [0.25, 0.3) is 11.5 Å². The third kappa shape index (κ3) is 4.37. The normalized spacial score (nSPS) is 11.7. The Kier molecular flexibility index (Phi) is 5.53. The van der Waals surface area contributed by atoms with E-state index >= 15 is 0 Å². The number of aromatic nitrogens is 2. The molecule has 29 heavy (non-hydrogen) atoms. The van der Waals surface area contributed by atoms with Crippen molar-refractivity contribution < 1.29 is 23.3 Å². The number of anilines is 1. The summed E-state index contributed by atoms with van der Waals surface area (Å²) < 4.78 is 23.8. The summed E-state index contributed by atoms with van der Waals surface area (Å²) in [6.07, 6.45) is -0.892. The van der Waals surface area contributed by atoms with Gasteiger partial charge < -0.3 is 14.1 Å². The van der Waals surface area contributed by atoms with E-state index in [0.717, 1.165) is 6.07 Å². The molecule has 0 fully saturated rings. The second-order valence-electron chi connectivity index (χ2n) is 6.35. The van der Waals surface area contributed by atoms with E-state index in [2.05, 4.69) is 10.2 Å². The molecule has 0 spiro atoms. The molecule has 0 N–H and O–H groups in total. The highest BCUT2D eigenvalue weighted by Crippen LogP contribution is 2.29. The number of hydrogen-bond acceptors (Lipinski definition) is 8. The quantitative estimate of drug-likeness (QED) is 0.349. The van der Waals surface area contributed by atoms with Crippen LogP contribution in [0.1, 0.15) is 29.3 Å². The van der Waals surface area contributed by atoms with Gasteiger partial charge in [0.15, 0.2) is 6.10 Å². The lowest BCUT2D eigenvalue weighted by Crippen LogP contribution is -2.13. The molecule has 1 aromatic heterocycles. The minimum atomic E-state index is -0.892. The summed E-state index contributed by atoms with van der Waals surface area (Å²) >= 11 is 0. The maximum Gasteiger partial charge on any atom is 0.339 e. The number of nitro groups is 1. The van der Waals surface area contributed by atoms with Crippen molar-refractivity contribution in [1.29, 1.82) is 0 Å². The Balaban J connectivity index is 1.76. The second-order valence-corrected chi connectivity index (χ2v) is 6.35.